The third kappa shape index (κ3) is 3.76. The van der Waals surface area contributed by atoms with Crippen molar-refractivity contribution in [2.24, 2.45) is 5.92 Å². The molecule has 2 rings (SSSR count). The fraction of sp³-hybridized carbons (Fsp3) is 0.533. The first-order valence-electron chi connectivity index (χ1n) is 7.02. The lowest BCUT2D eigenvalue weighted by Gasteiger charge is -2.22. The van der Waals surface area contributed by atoms with E-state index in [0.29, 0.717) is 12.5 Å². The maximum Gasteiger partial charge on any atom is 0.254 e. The second-order valence-electron chi connectivity index (χ2n) is 5.34. The van der Waals surface area contributed by atoms with Gasteiger partial charge in [-0.25, -0.2) is 8.78 Å². The van der Waals surface area contributed by atoms with Gasteiger partial charge < -0.3 is 10.6 Å². The molecule has 20 heavy (non-hydrogen) atoms. The molecule has 1 aliphatic rings. The van der Waals surface area contributed by atoms with Crippen LogP contribution in [0.25, 0.3) is 0 Å². The Hall–Kier alpha value is -1.49. The Morgan fingerprint density at radius 3 is 2.90 bits per heavy atom. The van der Waals surface area contributed by atoms with Crippen molar-refractivity contribution in [2.45, 2.75) is 26.2 Å². The standard InChI is InChI=1S/C15H20F2N2O/c1-10-7-14(17)12(8-13(10)16)15(20)19-6-4-11-3-2-5-18-9-11/h7-8,11,18H,2-6,9H2,1H3,(H,19,20)/t11-/m1/s1. The molecule has 1 saturated heterocycles. The number of benzene rings is 1. The second kappa shape index (κ2) is 6.79. The highest BCUT2D eigenvalue weighted by Gasteiger charge is 2.16. The molecule has 1 atom stereocenters. The van der Waals surface area contributed by atoms with Crippen molar-refractivity contribution in [1.82, 2.24) is 10.6 Å². The number of piperidine rings is 1. The van der Waals surface area contributed by atoms with Crippen LogP contribution in [0.1, 0.15) is 35.2 Å². The minimum atomic E-state index is -0.680. The lowest BCUT2D eigenvalue weighted by Crippen LogP contribution is -2.33. The van der Waals surface area contributed by atoms with Crippen molar-refractivity contribution in [3.05, 3.63) is 34.9 Å². The molecule has 2 N–H and O–H groups in total. The van der Waals surface area contributed by atoms with Crippen molar-refractivity contribution < 1.29 is 13.6 Å². The Morgan fingerprint density at radius 1 is 1.40 bits per heavy atom. The molecule has 1 heterocycles. The lowest BCUT2D eigenvalue weighted by molar-refractivity contribution is 0.0946. The van der Waals surface area contributed by atoms with Gasteiger partial charge in [0, 0.05) is 6.54 Å². The molecule has 0 unspecified atom stereocenters. The van der Waals surface area contributed by atoms with Gasteiger partial charge in [-0.05, 0) is 62.9 Å². The van der Waals surface area contributed by atoms with Crippen molar-refractivity contribution in [1.29, 1.82) is 0 Å². The van der Waals surface area contributed by atoms with E-state index in [9.17, 15) is 13.6 Å². The van der Waals surface area contributed by atoms with Crippen LogP contribution in [-0.4, -0.2) is 25.5 Å². The lowest BCUT2D eigenvalue weighted by atomic mass is 9.96. The summed E-state index contributed by atoms with van der Waals surface area (Å²) in [5.74, 6) is -1.25. The quantitative estimate of drug-likeness (QED) is 0.890. The summed E-state index contributed by atoms with van der Waals surface area (Å²) in [6.45, 7) is 3.97. The van der Waals surface area contributed by atoms with Gasteiger partial charge in [0.05, 0.1) is 5.56 Å². The van der Waals surface area contributed by atoms with Crippen molar-refractivity contribution in [3.8, 4) is 0 Å². The number of aryl methyl sites for hydroxylation is 1. The van der Waals surface area contributed by atoms with Crippen LogP contribution in [0.5, 0.6) is 0 Å². The number of halogens is 2. The third-order valence-electron chi connectivity index (χ3n) is 3.73. The largest absolute Gasteiger partial charge is 0.352 e. The fourth-order valence-corrected chi connectivity index (χ4v) is 2.48. The maximum atomic E-state index is 13.6. The van der Waals surface area contributed by atoms with E-state index < -0.39 is 17.5 Å². The molecule has 1 fully saturated rings. The highest BCUT2D eigenvalue weighted by Crippen LogP contribution is 2.15. The van der Waals surface area contributed by atoms with Crippen LogP contribution < -0.4 is 10.6 Å². The van der Waals surface area contributed by atoms with E-state index in [1.807, 2.05) is 0 Å². The Labute approximate surface area is 117 Å². The Kier molecular flexibility index (Phi) is 5.06. The van der Waals surface area contributed by atoms with Gasteiger partial charge in [-0.1, -0.05) is 0 Å². The van der Waals surface area contributed by atoms with E-state index in [2.05, 4.69) is 10.6 Å². The molecule has 1 aromatic rings. The van der Waals surface area contributed by atoms with Crippen LogP contribution in [0, 0.1) is 24.5 Å². The van der Waals surface area contributed by atoms with Gasteiger partial charge in [-0.15, -0.1) is 0 Å². The molecule has 0 saturated carbocycles. The number of hydrogen-bond acceptors (Lipinski definition) is 2. The molecule has 0 bridgehead atoms. The van der Waals surface area contributed by atoms with Crippen LogP contribution in [0.4, 0.5) is 8.78 Å². The average Bonchev–Trinajstić information content (AvgIpc) is 2.44. The van der Waals surface area contributed by atoms with E-state index >= 15 is 0 Å². The van der Waals surface area contributed by atoms with Crippen LogP contribution in [0.3, 0.4) is 0 Å². The third-order valence-corrected chi connectivity index (χ3v) is 3.73. The average molecular weight is 282 g/mol. The first-order valence-corrected chi connectivity index (χ1v) is 7.02. The van der Waals surface area contributed by atoms with Gasteiger partial charge in [-0.3, -0.25) is 4.79 Å². The monoisotopic (exact) mass is 282 g/mol. The van der Waals surface area contributed by atoms with E-state index in [0.717, 1.165) is 44.5 Å². The number of amides is 1. The zero-order chi connectivity index (χ0) is 14.5. The SMILES string of the molecule is Cc1cc(F)c(C(=O)NCC[C@H]2CCCNC2)cc1F. The van der Waals surface area contributed by atoms with E-state index in [-0.39, 0.29) is 11.1 Å². The predicted molar refractivity (Wildman–Crippen MR) is 73.6 cm³/mol. The summed E-state index contributed by atoms with van der Waals surface area (Å²) >= 11 is 0. The van der Waals surface area contributed by atoms with Gasteiger partial charge in [0.2, 0.25) is 0 Å². The zero-order valence-electron chi connectivity index (χ0n) is 11.6. The summed E-state index contributed by atoms with van der Waals surface area (Å²) < 4.78 is 27.0. The smallest absolute Gasteiger partial charge is 0.254 e. The molecule has 1 aromatic carbocycles. The van der Waals surface area contributed by atoms with Gasteiger partial charge in [0.25, 0.3) is 5.91 Å². The van der Waals surface area contributed by atoms with Crippen LogP contribution in [0.15, 0.2) is 12.1 Å². The van der Waals surface area contributed by atoms with Crippen molar-refractivity contribution in [3.63, 3.8) is 0 Å². The van der Waals surface area contributed by atoms with Gasteiger partial charge in [-0.2, -0.15) is 0 Å². The molecule has 3 nitrogen and oxygen atoms in total. The molecular weight excluding hydrogens is 262 g/mol. The topological polar surface area (TPSA) is 41.1 Å². The van der Waals surface area contributed by atoms with Crippen LogP contribution in [-0.2, 0) is 0 Å². The first-order chi connectivity index (χ1) is 9.58. The molecule has 0 aromatic heterocycles. The zero-order valence-corrected chi connectivity index (χ0v) is 11.6. The predicted octanol–water partition coefficient (Wildman–Crippen LogP) is 2.39. The van der Waals surface area contributed by atoms with E-state index in [1.165, 1.54) is 6.92 Å². The minimum Gasteiger partial charge on any atom is -0.352 e. The summed E-state index contributed by atoms with van der Waals surface area (Å²) in [5, 5.41) is 5.97. The Balaban J connectivity index is 1.87. The summed E-state index contributed by atoms with van der Waals surface area (Å²) in [6.07, 6.45) is 3.15. The molecule has 0 aliphatic carbocycles. The summed E-state index contributed by atoms with van der Waals surface area (Å²) in [6, 6.07) is 2.01. The highest BCUT2D eigenvalue weighted by molar-refractivity contribution is 5.94. The van der Waals surface area contributed by atoms with Crippen LogP contribution in [0.2, 0.25) is 0 Å². The molecule has 1 aliphatic heterocycles. The van der Waals surface area contributed by atoms with Gasteiger partial charge >= 0.3 is 0 Å². The van der Waals surface area contributed by atoms with Gasteiger partial charge in [0.1, 0.15) is 11.6 Å². The van der Waals surface area contributed by atoms with Crippen molar-refractivity contribution >= 4 is 5.91 Å². The van der Waals surface area contributed by atoms with E-state index in [1.54, 1.807) is 0 Å². The Morgan fingerprint density at radius 2 is 2.20 bits per heavy atom. The minimum absolute atomic E-state index is 0.201. The number of nitrogens with one attached hydrogen (secondary N) is 2. The molecule has 5 heteroatoms. The second-order valence-corrected chi connectivity index (χ2v) is 5.34. The molecule has 1 amide bonds. The summed E-state index contributed by atoms with van der Waals surface area (Å²) in [4.78, 5) is 11.8. The molecule has 110 valence electrons. The van der Waals surface area contributed by atoms with Gasteiger partial charge in [0.15, 0.2) is 0 Å². The Bertz CT molecular complexity index is 485. The van der Waals surface area contributed by atoms with Crippen molar-refractivity contribution in [2.75, 3.05) is 19.6 Å². The fourth-order valence-electron chi connectivity index (χ4n) is 2.48. The summed E-state index contributed by atoms with van der Waals surface area (Å²) in [5.41, 5.74) is -0.0257. The maximum absolute atomic E-state index is 13.6. The number of carbonyl (C=O) groups excluding carboxylic acids is 1. The normalized spacial score (nSPS) is 18.9. The van der Waals surface area contributed by atoms with Crippen LogP contribution >= 0.6 is 0 Å². The first kappa shape index (κ1) is 14.9. The highest BCUT2D eigenvalue weighted by atomic mass is 19.1. The molecule has 0 radical (unpaired) electrons. The van der Waals surface area contributed by atoms with E-state index in [4.69, 9.17) is 0 Å². The summed E-state index contributed by atoms with van der Waals surface area (Å²) in [7, 11) is 0. The molecular formula is C15H20F2N2O. The number of carbonyl (C=O) groups is 1. The number of hydrogen-bond donors (Lipinski definition) is 2. The number of rotatable bonds is 4. The molecule has 0 spiro atoms.